The quantitative estimate of drug-likeness (QED) is 0.636. The van der Waals surface area contributed by atoms with Gasteiger partial charge in [-0.25, -0.2) is 4.79 Å². The lowest BCUT2D eigenvalue weighted by atomic mass is 10.0. The molecule has 0 spiro atoms. The van der Waals surface area contributed by atoms with Crippen LogP contribution in [0.2, 0.25) is 0 Å². The van der Waals surface area contributed by atoms with Gasteiger partial charge >= 0.3 is 5.97 Å². The largest absolute Gasteiger partial charge is 0.452 e. The number of amides is 1. The number of rotatable bonds is 5. The van der Waals surface area contributed by atoms with Crippen molar-refractivity contribution in [2.24, 2.45) is 0 Å². The zero-order valence-corrected chi connectivity index (χ0v) is 13.5. The summed E-state index contributed by atoms with van der Waals surface area (Å²) in [6.45, 7) is 5.57. The fourth-order valence-electron chi connectivity index (χ4n) is 1.33. The van der Waals surface area contributed by atoms with E-state index in [0.29, 0.717) is 5.56 Å². The van der Waals surface area contributed by atoms with E-state index in [4.69, 9.17) is 4.74 Å². The van der Waals surface area contributed by atoms with Gasteiger partial charge in [-0.2, -0.15) is 0 Å². The van der Waals surface area contributed by atoms with Crippen LogP contribution >= 0.6 is 22.6 Å². The summed E-state index contributed by atoms with van der Waals surface area (Å²) in [5.41, 5.74) is 0.167. The Morgan fingerprint density at radius 3 is 2.63 bits per heavy atom. The van der Waals surface area contributed by atoms with Crippen LogP contribution in [0.5, 0.6) is 0 Å². The number of carbonyl (C=O) groups excluding carboxylic acids is 2. The molecule has 0 atom stereocenters. The third kappa shape index (κ3) is 5.59. The van der Waals surface area contributed by atoms with Crippen LogP contribution in [0.1, 0.15) is 37.6 Å². The molecule has 0 aliphatic carbocycles. The molecule has 1 aromatic rings. The minimum absolute atomic E-state index is 0.256. The van der Waals surface area contributed by atoms with Crippen LogP contribution in [0.3, 0.4) is 0 Å². The summed E-state index contributed by atoms with van der Waals surface area (Å²) < 4.78 is 5.93. The topological polar surface area (TPSA) is 55.4 Å². The van der Waals surface area contributed by atoms with Crippen molar-refractivity contribution in [2.75, 3.05) is 6.61 Å². The minimum atomic E-state index is -0.483. The maximum Gasteiger partial charge on any atom is 0.338 e. The fourth-order valence-corrected chi connectivity index (χ4v) is 1.87. The summed E-state index contributed by atoms with van der Waals surface area (Å²) in [5.74, 6) is -0.770. The monoisotopic (exact) mass is 375 g/mol. The summed E-state index contributed by atoms with van der Waals surface area (Å²) in [6, 6.07) is 7.04. The highest BCUT2D eigenvalue weighted by atomic mass is 127. The minimum Gasteiger partial charge on any atom is -0.452 e. The molecule has 0 heterocycles. The second-order valence-electron chi connectivity index (χ2n) is 4.87. The van der Waals surface area contributed by atoms with E-state index >= 15 is 0 Å². The normalized spacial score (nSPS) is 10.9. The van der Waals surface area contributed by atoms with Gasteiger partial charge in [0.15, 0.2) is 6.61 Å². The first-order valence-electron chi connectivity index (χ1n) is 6.08. The van der Waals surface area contributed by atoms with E-state index in [1.165, 1.54) is 0 Å². The molecule has 1 aromatic carbocycles. The molecule has 0 aromatic heterocycles. The van der Waals surface area contributed by atoms with Crippen molar-refractivity contribution in [3.05, 3.63) is 33.4 Å². The molecule has 19 heavy (non-hydrogen) atoms. The molecular formula is C14H18INO3. The molecule has 5 heteroatoms. The second kappa shape index (κ2) is 6.88. The highest BCUT2D eigenvalue weighted by Gasteiger charge is 2.18. The average Bonchev–Trinajstić information content (AvgIpc) is 2.35. The van der Waals surface area contributed by atoms with Crippen molar-refractivity contribution in [2.45, 2.75) is 32.7 Å². The SMILES string of the molecule is CCC(C)(C)NC(=O)COC(=O)c1cccc(I)c1. The van der Waals surface area contributed by atoms with Gasteiger partial charge in [-0.05, 0) is 61.1 Å². The molecule has 0 aliphatic heterocycles. The van der Waals surface area contributed by atoms with Crippen LogP contribution in [0.15, 0.2) is 24.3 Å². The predicted molar refractivity (Wildman–Crippen MR) is 82.0 cm³/mol. The summed E-state index contributed by atoms with van der Waals surface area (Å²) >= 11 is 2.12. The third-order valence-electron chi connectivity index (χ3n) is 2.76. The number of benzene rings is 1. The van der Waals surface area contributed by atoms with Gasteiger partial charge in [0.2, 0.25) is 0 Å². The zero-order valence-electron chi connectivity index (χ0n) is 11.3. The first-order chi connectivity index (χ1) is 8.84. The molecule has 0 bridgehead atoms. The lowest BCUT2D eigenvalue weighted by Crippen LogP contribution is -2.44. The first kappa shape index (κ1) is 15.9. The molecular weight excluding hydrogens is 357 g/mol. The van der Waals surface area contributed by atoms with Crippen molar-refractivity contribution in [3.8, 4) is 0 Å². The summed E-state index contributed by atoms with van der Waals surface area (Å²) in [4.78, 5) is 23.4. The van der Waals surface area contributed by atoms with Gasteiger partial charge in [0.05, 0.1) is 5.56 Å². The number of nitrogens with one attached hydrogen (secondary N) is 1. The van der Waals surface area contributed by atoms with Crippen molar-refractivity contribution >= 4 is 34.5 Å². The Bertz CT molecular complexity index is 472. The standard InChI is InChI=1S/C14H18INO3/c1-4-14(2,3)16-12(17)9-19-13(18)10-6-5-7-11(15)8-10/h5-8H,4,9H2,1-3H3,(H,16,17). The second-order valence-corrected chi connectivity index (χ2v) is 6.12. The Kier molecular flexibility index (Phi) is 5.78. The zero-order chi connectivity index (χ0) is 14.5. The maximum absolute atomic E-state index is 11.7. The van der Waals surface area contributed by atoms with E-state index in [0.717, 1.165) is 9.99 Å². The van der Waals surface area contributed by atoms with Gasteiger partial charge in [0, 0.05) is 9.11 Å². The number of esters is 1. The Morgan fingerprint density at radius 1 is 1.37 bits per heavy atom. The van der Waals surface area contributed by atoms with Gasteiger partial charge in [-0.15, -0.1) is 0 Å². The Labute approximate surface area is 127 Å². The molecule has 0 saturated carbocycles. The number of ether oxygens (including phenoxy) is 1. The molecule has 0 unspecified atom stereocenters. The van der Waals surface area contributed by atoms with E-state index in [2.05, 4.69) is 27.9 Å². The van der Waals surface area contributed by atoms with Crippen LogP contribution in [-0.4, -0.2) is 24.0 Å². The molecule has 0 aliphatic rings. The van der Waals surface area contributed by atoms with E-state index in [1.54, 1.807) is 18.2 Å². The fraction of sp³-hybridized carbons (Fsp3) is 0.429. The Balaban J connectivity index is 2.49. The maximum atomic E-state index is 11.7. The Hall–Kier alpha value is -1.11. The molecule has 4 nitrogen and oxygen atoms in total. The van der Waals surface area contributed by atoms with Crippen molar-refractivity contribution in [3.63, 3.8) is 0 Å². The van der Waals surface area contributed by atoms with Crippen LogP contribution in [0.4, 0.5) is 0 Å². The predicted octanol–water partition coefficient (Wildman–Crippen LogP) is 2.75. The van der Waals surface area contributed by atoms with Crippen LogP contribution in [0, 0.1) is 3.57 Å². The van der Waals surface area contributed by atoms with E-state index in [-0.39, 0.29) is 18.1 Å². The van der Waals surface area contributed by atoms with Gasteiger partial charge in [0.1, 0.15) is 0 Å². The van der Waals surface area contributed by atoms with Gasteiger partial charge in [-0.1, -0.05) is 13.0 Å². The van der Waals surface area contributed by atoms with Crippen molar-refractivity contribution < 1.29 is 14.3 Å². The van der Waals surface area contributed by atoms with Gasteiger partial charge in [-0.3, -0.25) is 4.79 Å². The third-order valence-corrected chi connectivity index (χ3v) is 3.43. The number of halogens is 1. The highest BCUT2D eigenvalue weighted by Crippen LogP contribution is 2.09. The number of carbonyl (C=O) groups is 2. The average molecular weight is 375 g/mol. The highest BCUT2D eigenvalue weighted by molar-refractivity contribution is 14.1. The molecule has 0 saturated heterocycles. The number of hydrogen-bond donors (Lipinski definition) is 1. The molecule has 1 rings (SSSR count). The molecule has 1 amide bonds. The lowest BCUT2D eigenvalue weighted by Gasteiger charge is -2.24. The van der Waals surface area contributed by atoms with Crippen LogP contribution in [0.25, 0.3) is 0 Å². The van der Waals surface area contributed by atoms with Crippen LogP contribution in [-0.2, 0) is 9.53 Å². The van der Waals surface area contributed by atoms with Gasteiger partial charge < -0.3 is 10.1 Å². The molecule has 1 N–H and O–H groups in total. The molecule has 0 fully saturated rings. The lowest BCUT2D eigenvalue weighted by molar-refractivity contribution is -0.125. The first-order valence-corrected chi connectivity index (χ1v) is 7.15. The number of hydrogen-bond acceptors (Lipinski definition) is 3. The molecule has 104 valence electrons. The van der Waals surface area contributed by atoms with E-state index in [1.807, 2.05) is 26.8 Å². The summed E-state index contributed by atoms with van der Waals surface area (Å²) in [7, 11) is 0. The van der Waals surface area contributed by atoms with E-state index in [9.17, 15) is 9.59 Å². The summed E-state index contributed by atoms with van der Waals surface area (Å²) in [6.07, 6.45) is 0.809. The smallest absolute Gasteiger partial charge is 0.338 e. The van der Waals surface area contributed by atoms with Gasteiger partial charge in [0.25, 0.3) is 5.91 Å². The van der Waals surface area contributed by atoms with Crippen LogP contribution < -0.4 is 5.32 Å². The summed E-state index contributed by atoms with van der Waals surface area (Å²) in [5, 5.41) is 2.81. The Morgan fingerprint density at radius 2 is 2.05 bits per heavy atom. The van der Waals surface area contributed by atoms with E-state index < -0.39 is 5.97 Å². The molecule has 0 radical (unpaired) electrons. The van der Waals surface area contributed by atoms with Crippen molar-refractivity contribution in [1.82, 2.24) is 5.32 Å². The van der Waals surface area contributed by atoms with Crippen molar-refractivity contribution in [1.29, 1.82) is 0 Å².